The highest BCUT2D eigenvalue weighted by Crippen LogP contribution is 2.15. The summed E-state index contributed by atoms with van der Waals surface area (Å²) in [4.78, 5) is 13.6. The number of hydrogen-bond acceptors (Lipinski definition) is 4. The summed E-state index contributed by atoms with van der Waals surface area (Å²) in [6, 6.07) is 5.78. The van der Waals surface area contributed by atoms with Crippen LogP contribution in [0.1, 0.15) is 17.3 Å². The molecule has 1 fully saturated rings. The molecule has 0 saturated carbocycles. The summed E-state index contributed by atoms with van der Waals surface area (Å²) in [5.74, 6) is -0.197. The third-order valence-electron chi connectivity index (χ3n) is 2.90. The first-order valence-corrected chi connectivity index (χ1v) is 7.49. The number of benzene rings is 1. The van der Waals surface area contributed by atoms with Gasteiger partial charge < -0.3 is 10.0 Å². The second kappa shape index (κ2) is 5.28. The fourth-order valence-electron chi connectivity index (χ4n) is 1.85. The van der Waals surface area contributed by atoms with Crippen LogP contribution in [0.2, 0.25) is 0 Å². The Labute approximate surface area is 112 Å². The second-order valence-electron chi connectivity index (χ2n) is 4.39. The van der Waals surface area contributed by atoms with E-state index in [-0.39, 0.29) is 10.8 Å². The smallest absolute Gasteiger partial charge is 0.254 e. The molecule has 0 unspecified atom stereocenters. The van der Waals surface area contributed by atoms with Crippen molar-refractivity contribution in [2.75, 3.05) is 19.6 Å². The maximum absolute atomic E-state index is 11.9. The molecule has 0 aromatic heterocycles. The van der Waals surface area contributed by atoms with Gasteiger partial charge in [-0.05, 0) is 24.3 Å². The zero-order valence-corrected chi connectivity index (χ0v) is 11.4. The van der Waals surface area contributed by atoms with Crippen molar-refractivity contribution in [1.29, 1.82) is 0 Å². The predicted octanol–water partition coefficient (Wildman–Crippen LogP) is -0.199. The Kier molecular flexibility index (Phi) is 3.88. The standard InChI is InChI=1S/C12H16N2O4S/c1-2-13-19(17,18)11-5-3-9(4-6-11)12(16)14-7-10(15)8-14/h3-6,10,13,15H,2,7-8H2,1H3. The van der Waals surface area contributed by atoms with Crippen LogP contribution in [0.4, 0.5) is 0 Å². The third-order valence-corrected chi connectivity index (χ3v) is 4.46. The summed E-state index contributed by atoms with van der Waals surface area (Å²) in [5, 5.41) is 9.14. The minimum atomic E-state index is -3.49. The van der Waals surface area contributed by atoms with Gasteiger partial charge in [-0.25, -0.2) is 13.1 Å². The van der Waals surface area contributed by atoms with Crippen molar-refractivity contribution in [2.45, 2.75) is 17.9 Å². The molecular formula is C12H16N2O4S. The molecule has 19 heavy (non-hydrogen) atoms. The maximum Gasteiger partial charge on any atom is 0.254 e. The summed E-state index contributed by atoms with van der Waals surface area (Å²) in [6.45, 7) is 2.67. The number of likely N-dealkylation sites (tertiary alicyclic amines) is 1. The van der Waals surface area contributed by atoms with Gasteiger partial charge in [0.25, 0.3) is 5.91 Å². The van der Waals surface area contributed by atoms with E-state index in [0.717, 1.165) is 0 Å². The van der Waals surface area contributed by atoms with Gasteiger partial charge in [0.15, 0.2) is 0 Å². The topological polar surface area (TPSA) is 86.7 Å². The zero-order valence-electron chi connectivity index (χ0n) is 10.5. The van der Waals surface area contributed by atoms with E-state index in [2.05, 4.69) is 4.72 Å². The fourth-order valence-corrected chi connectivity index (χ4v) is 2.89. The van der Waals surface area contributed by atoms with Crippen LogP contribution in [-0.4, -0.2) is 50.1 Å². The van der Waals surface area contributed by atoms with Gasteiger partial charge in [0.05, 0.1) is 11.0 Å². The summed E-state index contributed by atoms with van der Waals surface area (Å²) in [5.41, 5.74) is 0.419. The first kappa shape index (κ1) is 14.0. The van der Waals surface area contributed by atoms with Gasteiger partial charge in [0.1, 0.15) is 0 Å². The van der Waals surface area contributed by atoms with Gasteiger partial charge in [-0.15, -0.1) is 0 Å². The maximum atomic E-state index is 11.9. The second-order valence-corrected chi connectivity index (χ2v) is 6.16. The molecule has 104 valence electrons. The Hall–Kier alpha value is -1.44. The van der Waals surface area contributed by atoms with Gasteiger partial charge in [-0.3, -0.25) is 4.79 Å². The van der Waals surface area contributed by atoms with E-state index >= 15 is 0 Å². The first-order chi connectivity index (χ1) is 8.94. The number of aliphatic hydroxyl groups is 1. The normalized spacial score (nSPS) is 16.2. The van der Waals surface area contributed by atoms with E-state index in [0.29, 0.717) is 25.2 Å². The Balaban J connectivity index is 2.13. The molecule has 1 aromatic carbocycles. The quantitative estimate of drug-likeness (QED) is 0.802. The van der Waals surface area contributed by atoms with Crippen LogP contribution in [0.25, 0.3) is 0 Å². The number of sulfonamides is 1. The number of aliphatic hydroxyl groups excluding tert-OH is 1. The Morgan fingerprint density at radius 1 is 1.37 bits per heavy atom. The van der Waals surface area contributed by atoms with Crippen molar-refractivity contribution >= 4 is 15.9 Å². The van der Waals surface area contributed by atoms with Crippen molar-refractivity contribution in [2.24, 2.45) is 0 Å². The number of nitrogens with one attached hydrogen (secondary N) is 1. The van der Waals surface area contributed by atoms with Crippen LogP contribution < -0.4 is 4.72 Å². The molecule has 0 aliphatic carbocycles. The molecule has 1 heterocycles. The van der Waals surface area contributed by atoms with Crippen LogP contribution >= 0.6 is 0 Å². The number of hydrogen-bond donors (Lipinski definition) is 2. The molecular weight excluding hydrogens is 268 g/mol. The molecule has 0 radical (unpaired) electrons. The molecule has 0 atom stereocenters. The molecule has 1 amide bonds. The molecule has 2 N–H and O–H groups in total. The van der Waals surface area contributed by atoms with E-state index in [1.54, 1.807) is 6.92 Å². The number of β-amino-alcohol motifs (C(OH)–C–C–N with tert-alkyl or cyclic N) is 1. The van der Waals surface area contributed by atoms with Crippen molar-refractivity contribution in [3.63, 3.8) is 0 Å². The van der Waals surface area contributed by atoms with Gasteiger partial charge in [0, 0.05) is 25.2 Å². The molecule has 2 rings (SSSR count). The van der Waals surface area contributed by atoms with Crippen molar-refractivity contribution in [3.05, 3.63) is 29.8 Å². The predicted molar refractivity (Wildman–Crippen MR) is 69.2 cm³/mol. The van der Waals surface area contributed by atoms with Crippen LogP contribution in [-0.2, 0) is 10.0 Å². The Bertz CT molecular complexity index is 562. The van der Waals surface area contributed by atoms with E-state index < -0.39 is 16.1 Å². The van der Waals surface area contributed by atoms with Crippen molar-refractivity contribution in [1.82, 2.24) is 9.62 Å². The van der Waals surface area contributed by atoms with Crippen molar-refractivity contribution in [3.8, 4) is 0 Å². The lowest BCUT2D eigenvalue weighted by molar-refractivity contribution is 0.00589. The Morgan fingerprint density at radius 3 is 2.42 bits per heavy atom. The molecule has 1 aliphatic rings. The zero-order chi connectivity index (χ0) is 14.0. The summed E-state index contributed by atoms with van der Waals surface area (Å²) < 4.78 is 25.8. The average molecular weight is 284 g/mol. The summed E-state index contributed by atoms with van der Waals surface area (Å²) in [7, 11) is -3.49. The van der Waals surface area contributed by atoms with Gasteiger partial charge in [-0.1, -0.05) is 6.92 Å². The lowest BCUT2D eigenvalue weighted by Crippen LogP contribution is -2.53. The molecule has 1 saturated heterocycles. The lowest BCUT2D eigenvalue weighted by Gasteiger charge is -2.35. The van der Waals surface area contributed by atoms with Gasteiger partial charge in [0.2, 0.25) is 10.0 Å². The lowest BCUT2D eigenvalue weighted by atomic mass is 10.1. The van der Waals surface area contributed by atoms with E-state index in [9.17, 15) is 13.2 Å². The van der Waals surface area contributed by atoms with Crippen LogP contribution in [0.5, 0.6) is 0 Å². The molecule has 0 spiro atoms. The molecule has 6 nitrogen and oxygen atoms in total. The number of amides is 1. The molecule has 0 bridgehead atoms. The average Bonchev–Trinajstić information content (AvgIpc) is 2.34. The molecule has 7 heteroatoms. The first-order valence-electron chi connectivity index (χ1n) is 6.01. The van der Waals surface area contributed by atoms with Gasteiger partial charge >= 0.3 is 0 Å². The SMILES string of the molecule is CCNS(=O)(=O)c1ccc(C(=O)N2CC(O)C2)cc1. The summed E-state index contributed by atoms with van der Waals surface area (Å²) >= 11 is 0. The van der Waals surface area contributed by atoms with Crippen LogP contribution in [0.3, 0.4) is 0 Å². The largest absolute Gasteiger partial charge is 0.389 e. The number of rotatable bonds is 4. The van der Waals surface area contributed by atoms with Crippen LogP contribution in [0, 0.1) is 0 Å². The number of carbonyl (C=O) groups excluding carboxylic acids is 1. The van der Waals surface area contributed by atoms with Gasteiger partial charge in [-0.2, -0.15) is 0 Å². The minimum absolute atomic E-state index is 0.134. The third kappa shape index (κ3) is 2.94. The summed E-state index contributed by atoms with van der Waals surface area (Å²) in [6.07, 6.45) is -0.447. The van der Waals surface area contributed by atoms with E-state index in [1.807, 2.05) is 0 Å². The fraction of sp³-hybridized carbons (Fsp3) is 0.417. The molecule has 1 aromatic rings. The number of carbonyl (C=O) groups is 1. The van der Waals surface area contributed by atoms with Crippen molar-refractivity contribution < 1.29 is 18.3 Å². The van der Waals surface area contributed by atoms with E-state index in [4.69, 9.17) is 5.11 Å². The monoisotopic (exact) mass is 284 g/mol. The minimum Gasteiger partial charge on any atom is -0.389 e. The highest BCUT2D eigenvalue weighted by atomic mass is 32.2. The van der Waals surface area contributed by atoms with E-state index in [1.165, 1.54) is 29.2 Å². The number of nitrogens with zero attached hydrogens (tertiary/aromatic N) is 1. The van der Waals surface area contributed by atoms with Crippen LogP contribution in [0.15, 0.2) is 29.2 Å². The highest BCUT2D eigenvalue weighted by Gasteiger charge is 2.29. The molecule has 1 aliphatic heterocycles. The highest BCUT2D eigenvalue weighted by molar-refractivity contribution is 7.89. The Morgan fingerprint density at radius 2 is 1.95 bits per heavy atom.